The van der Waals surface area contributed by atoms with E-state index in [1.165, 1.54) is 0 Å². The van der Waals surface area contributed by atoms with E-state index < -0.39 is 0 Å². The number of ether oxygens (including phenoxy) is 1. The molecule has 0 radical (unpaired) electrons. The van der Waals surface area contributed by atoms with Gasteiger partial charge in [-0.05, 0) is 42.3 Å². The molecule has 0 saturated heterocycles. The van der Waals surface area contributed by atoms with Crippen molar-refractivity contribution in [1.82, 2.24) is 0 Å². The summed E-state index contributed by atoms with van der Waals surface area (Å²) in [5, 5.41) is 2.92. The van der Waals surface area contributed by atoms with E-state index in [0.29, 0.717) is 24.3 Å². The molecule has 0 aromatic heterocycles. The standard InChI is InChI=1S/C24H23NO3/c1-2-28-24(27)20-13-15-21(16-14-20)25-23(26)17-22(18-9-5-3-6-10-18)19-11-7-4-8-12-19/h3-16,22H,2,17H2,1H3,(H,25,26). The molecule has 3 aromatic carbocycles. The van der Waals surface area contributed by atoms with Gasteiger partial charge in [0.1, 0.15) is 0 Å². The van der Waals surface area contributed by atoms with Crippen molar-refractivity contribution in [3.8, 4) is 0 Å². The third kappa shape index (κ3) is 5.07. The highest BCUT2D eigenvalue weighted by Gasteiger charge is 2.18. The second kappa shape index (κ2) is 9.51. The van der Waals surface area contributed by atoms with Crippen LogP contribution in [0.15, 0.2) is 84.9 Å². The van der Waals surface area contributed by atoms with Crippen LogP contribution in [0.4, 0.5) is 5.69 Å². The quantitative estimate of drug-likeness (QED) is 0.591. The Morgan fingerprint density at radius 1 is 0.821 bits per heavy atom. The summed E-state index contributed by atoms with van der Waals surface area (Å²) in [6.45, 7) is 2.10. The molecule has 0 fully saturated rings. The number of rotatable bonds is 7. The predicted octanol–water partition coefficient (Wildman–Crippen LogP) is 5.02. The number of hydrogen-bond donors (Lipinski definition) is 1. The van der Waals surface area contributed by atoms with E-state index in [4.69, 9.17) is 4.74 Å². The predicted molar refractivity (Wildman–Crippen MR) is 110 cm³/mol. The van der Waals surface area contributed by atoms with Gasteiger partial charge in [-0.2, -0.15) is 0 Å². The largest absolute Gasteiger partial charge is 0.462 e. The Labute approximate surface area is 165 Å². The van der Waals surface area contributed by atoms with E-state index in [0.717, 1.165) is 11.1 Å². The van der Waals surface area contributed by atoms with Crippen LogP contribution in [0, 0.1) is 0 Å². The van der Waals surface area contributed by atoms with Gasteiger partial charge < -0.3 is 10.1 Å². The molecule has 0 bridgehead atoms. The fraction of sp³-hybridized carbons (Fsp3) is 0.167. The molecular weight excluding hydrogens is 350 g/mol. The fourth-order valence-electron chi connectivity index (χ4n) is 3.10. The molecule has 1 amide bonds. The Hall–Kier alpha value is -3.40. The van der Waals surface area contributed by atoms with E-state index in [9.17, 15) is 9.59 Å². The lowest BCUT2D eigenvalue weighted by Crippen LogP contribution is -2.16. The van der Waals surface area contributed by atoms with Crippen molar-refractivity contribution >= 4 is 17.6 Å². The first-order valence-corrected chi connectivity index (χ1v) is 9.34. The lowest BCUT2D eigenvalue weighted by Gasteiger charge is -2.18. The number of hydrogen-bond acceptors (Lipinski definition) is 3. The molecule has 28 heavy (non-hydrogen) atoms. The zero-order chi connectivity index (χ0) is 19.8. The van der Waals surface area contributed by atoms with Crippen LogP contribution < -0.4 is 5.32 Å². The maximum absolute atomic E-state index is 12.7. The van der Waals surface area contributed by atoms with Gasteiger partial charge in [0, 0.05) is 18.0 Å². The van der Waals surface area contributed by atoms with E-state index in [1.807, 2.05) is 60.7 Å². The van der Waals surface area contributed by atoms with Gasteiger partial charge in [0.15, 0.2) is 0 Å². The normalized spacial score (nSPS) is 10.5. The van der Waals surface area contributed by atoms with Gasteiger partial charge in [0.25, 0.3) is 0 Å². The molecule has 3 aromatic rings. The zero-order valence-corrected chi connectivity index (χ0v) is 15.8. The van der Waals surface area contributed by atoms with Crippen LogP contribution in [0.2, 0.25) is 0 Å². The molecule has 0 heterocycles. The number of carbonyl (C=O) groups is 2. The average molecular weight is 373 g/mol. The number of esters is 1. The zero-order valence-electron chi connectivity index (χ0n) is 15.8. The molecular formula is C24H23NO3. The summed E-state index contributed by atoms with van der Waals surface area (Å²) in [7, 11) is 0. The van der Waals surface area contributed by atoms with E-state index in [2.05, 4.69) is 5.32 Å². The van der Waals surface area contributed by atoms with Gasteiger partial charge in [-0.25, -0.2) is 4.79 Å². The Morgan fingerprint density at radius 3 is 1.86 bits per heavy atom. The van der Waals surface area contributed by atoms with Crippen LogP contribution in [-0.4, -0.2) is 18.5 Å². The Bertz CT molecular complexity index is 866. The van der Waals surface area contributed by atoms with Gasteiger partial charge in [0.05, 0.1) is 12.2 Å². The van der Waals surface area contributed by atoms with Crippen LogP contribution in [0.25, 0.3) is 0 Å². The van der Waals surface area contributed by atoms with Crippen molar-refractivity contribution < 1.29 is 14.3 Å². The van der Waals surface area contributed by atoms with Gasteiger partial charge >= 0.3 is 5.97 Å². The summed E-state index contributed by atoms with van der Waals surface area (Å²) in [5.74, 6) is -0.476. The Balaban J connectivity index is 1.71. The molecule has 142 valence electrons. The first-order valence-electron chi connectivity index (χ1n) is 9.34. The van der Waals surface area contributed by atoms with Crippen molar-refractivity contribution in [2.24, 2.45) is 0 Å². The molecule has 0 saturated carbocycles. The maximum atomic E-state index is 12.7. The average Bonchev–Trinajstić information content (AvgIpc) is 2.74. The summed E-state index contributed by atoms with van der Waals surface area (Å²) < 4.78 is 4.97. The monoisotopic (exact) mass is 373 g/mol. The summed E-state index contributed by atoms with van der Waals surface area (Å²) in [4.78, 5) is 24.4. The van der Waals surface area contributed by atoms with Gasteiger partial charge in [-0.1, -0.05) is 60.7 Å². The van der Waals surface area contributed by atoms with Crippen molar-refractivity contribution in [2.75, 3.05) is 11.9 Å². The number of nitrogens with one attached hydrogen (secondary N) is 1. The molecule has 0 aliphatic carbocycles. The molecule has 0 unspecified atom stereocenters. The van der Waals surface area contributed by atoms with Crippen LogP contribution in [0.5, 0.6) is 0 Å². The molecule has 3 rings (SSSR count). The van der Waals surface area contributed by atoms with E-state index in [1.54, 1.807) is 31.2 Å². The third-order valence-corrected chi connectivity index (χ3v) is 4.47. The van der Waals surface area contributed by atoms with Crippen molar-refractivity contribution in [1.29, 1.82) is 0 Å². The van der Waals surface area contributed by atoms with Crippen LogP contribution in [0.1, 0.15) is 40.7 Å². The lowest BCUT2D eigenvalue weighted by atomic mass is 9.88. The molecule has 4 heteroatoms. The second-order valence-corrected chi connectivity index (χ2v) is 6.42. The minimum absolute atomic E-state index is 0.0267. The summed E-state index contributed by atoms with van der Waals surface area (Å²) in [5.41, 5.74) is 3.31. The molecule has 0 aliphatic heterocycles. The van der Waals surface area contributed by atoms with E-state index >= 15 is 0 Å². The van der Waals surface area contributed by atoms with Gasteiger partial charge in [-0.3, -0.25) is 4.79 Å². The first kappa shape index (κ1) is 19.4. The lowest BCUT2D eigenvalue weighted by molar-refractivity contribution is -0.116. The minimum Gasteiger partial charge on any atom is -0.462 e. The topological polar surface area (TPSA) is 55.4 Å². The number of anilines is 1. The van der Waals surface area contributed by atoms with Crippen LogP contribution in [0.3, 0.4) is 0 Å². The van der Waals surface area contributed by atoms with Gasteiger partial charge in [-0.15, -0.1) is 0 Å². The highest BCUT2D eigenvalue weighted by atomic mass is 16.5. The van der Waals surface area contributed by atoms with Crippen molar-refractivity contribution in [3.05, 3.63) is 102 Å². The SMILES string of the molecule is CCOC(=O)c1ccc(NC(=O)CC(c2ccccc2)c2ccccc2)cc1. The first-order chi connectivity index (χ1) is 13.7. The molecule has 4 nitrogen and oxygen atoms in total. The highest BCUT2D eigenvalue weighted by molar-refractivity contribution is 5.93. The molecule has 0 spiro atoms. The van der Waals surface area contributed by atoms with Gasteiger partial charge in [0.2, 0.25) is 5.91 Å². The van der Waals surface area contributed by atoms with E-state index in [-0.39, 0.29) is 17.8 Å². The van der Waals surface area contributed by atoms with Crippen molar-refractivity contribution in [2.45, 2.75) is 19.3 Å². The molecule has 1 N–H and O–H groups in total. The number of amides is 1. The van der Waals surface area contributed by atoms with Crippen LogP contribution in [-0.2, 0) is 9.53 Å². The highest BCUT2D eigenvalue weighted by Crippen LogP contribution is 2.28. The van der Waals surface area contributed by atoms with Crippen LogP contribution >= 0.6 is 0 Å². The fourth-order valence-corrected chi connectivity index (χ4v) is 3.10. The van der Waals surface area contributed by atoms with Crippen molar-refractivity contribution in [3.63, 3.8) is 0 Å². The summed E-state index contributed by atoms with van der Waals surface area (Å²) in [6.07, 6.45) is 0.327. The summed E-state index contributed by atoms with van der Waals surface area (Å²) >= 11 is 0. The maximum Gasteiger partial charge on any atom is 0.338 e. The summed E-state index contributed by atoms with van der Waals surface area (Å²) in [6, 6.07) is 26.8. The Morgan fingerprint density at radius 2 is 1.36 bits per heavy atom. The third-order valence-electron chi connectivity index (χ3n) is 4.47. The number of benzene rings is 3. The number of carbonyl (C=O) groups excluding carboxylic acids is 2. The minimum atomic E-state index is -0.367. The second-order valence-electron chi connectivity index (χ2n) is 6.42. The molecule has 0 atom stereocenters. The molecule has 0 aliphatic rings. The smallest absolute Gasteiger partial charge is 0.338 e. The Kier molecular flexibility index (Phi) is 6.58.